The van der Waals surface area contributed by atoms with Crippen LogP contribution >= 0.6 is 0 Å². The number of rotatable bonds is 1. The molecule has 0 radical (unpaired) electrons. The molecule has 0 fully saturated rings. The molecule has 0 spiro atoms. The topological polar surface area (TPSA) is 74.4 Å². The summed E-state index contributed by atoms with van der Waals surface area (Å²) in [4.78, 5) is 28.0. The Morgan fingerprint density at radius 1 is 0.741 bits per heavy atom. The molecule has 0 atom stereocenters. The number of hydrogen-bond acceptors (Lipinski definition) is 3. The molecule has 2 aliphatic rings. The van der Waals surface area contributed by atoms with Crippen molar-refractivity contribution >= 4 is 51.7 Å². The number of H-pyrrole nitrogens is 2. The molecular formula is C22H16N4O. The van der Waals surface area contributed by atoms with Gasteiger partial charge < -0.3 is 9.97 Å². The van der Waals surface area contributed by atoms with Gasteiger partial charge in [-0.15, -0.1) is 0 Å². The summed E-state index contributed by atoms with van der Waals surface area (Å²) < 4.78 is 0. The first-order valence-corrected chi connectivity index (χ1v) is 8.72. The van der Waals surface area contributed by atoms with Crippen LogP contribution in [-0.4, -0.2) is 25.7 Å². The van der Waals surface area contributed by atoms with Gasteiger partial charge in [-0.25, -0.2) is 9.97 Å². The van der Waals surface area contributed by atoms with Gasteiger partial charge in [0.25, 0.3) is 0 Å². The van der Waals surface area contributed by atoms with Crippen LogP contribution in [0.2, 0.25) is 0 Å². The van der Waals surface area contributed by atoms with Crippen LogP contribution < -0.4 is 0 Å². The fourth-order valence-corrected chi connectivity index (χ4v) is 3.30. The van der Waals surface area contributed by atoms with Crippen molar-refractivity contribution in [3.05, 3.63) is 71.3 Å². The third kappa shape index (κ3) is 3.00. The Hall–Kier alpha value is -3.73. The average molecular weight is 352 g/mol. The quantitative estimate of drug-likeness (QED) is 0.525. The average Bonchev–Trinajstić information content (AvgIpc) is 3.38. The second kappa shape index (κ2) is 5.92. The van der Waals surface area contributed by atoms with E-state index in [1.165, 1.54) is 0 Å². The number of carbonyl (C=O) groups excluding carboxylic acids is 1. The Morgan fingerprint density at radius 3 is 1.81 bits per heavy atom. The number of aromatic nitrogens is 4. The van der Waals surface area contributed by atoms with Crippen LogP contribution in [0.25, 0.3) is 45.9 Å². The molecule has 3 aromatic heterocycles. The summed E-state index contributed by atoms with van der Waals surface area (Å²) in [5.41, 5.74) is 7.54. The van der Waals surface area contributed by atoms with Crippen LogP contribution in [0.15, 0.2) is 48.5 Å². The summed E-state index contributed by atoms with van der Waals surface area (Å²) in [7, 11) is 0. The second-order valence-corrected chi connectivity index (χ2v) is 6.65. The van der Waals surface area contributed by atoms with Crippen molar-refractivity contribution in [3.8, 4) is 0 Å². The fraction of sp³-hybridized carbons (Fsp3) is 0.0455. The molecule has 0 saturated heterocycles. The summed E-state index contributed by atoms with van der Waals surface area (Å²) in [6.07, 6.45) is 5.81. The molecular weight excluding hydrogens is 336 g/mol. The Bertz CT molecular complexity index is 1300. The van der Waals surface area contributed by atoms with E-state index < -0.39 is 0 Å². The van der Waals surface area contributed by atoms with E-state index in [-0.39, 0.29) is 5.78 Å². The van der Waals surface area contributed by atoms with Gasteiger partial charge in [-0.3, -0.25) is 4.79 Å². The zero-order valence-corrected chi connectivity index (χ0v) is 14.7. The summed E-state index contributed by atoms with van der Waals surface area (Å²) in [6, 6.07) is 15.8. The van der Waals surface area contributed by atoms with Gasteiger partial charge in [0.1, 0.15) is 0 Å². The van der Waals surface area contributed by atoms with E-state index in [1.807, 2.05) is 66.8 Å². The normalized spacial score (nSPS) is 12.9. The van der Waals surface area contributed by atoms with Gasteiger partial charge in [0.15, 0.2) is 5.78 Å². The van der Waals surface area contributed by atoms with E-state index in [0.717, 1.165) is 39.1 Å². The van der Waals surface area contributed by atoms with Gasteiger partial charge in [0.05, 0.1) is 22.8 Å². The number of ketones is 1. The van der Waals surface area contributed by atoms with Crippen molar-refractivity contribution in [2.45, 2.75) is 6.92 Å². The maximum absolute atomic E-state index is 12.0. The molecule has 3 aromatic rings. The Balaban J connectivity index is 1.85. The molecule has 2 aliphatic heterocycles. The molecule has 0 amide bonds. The lowest BCUT2D eigenvalue weighted by Crippen LogP contribution is -1.92. The van der Waals surface area contributed by atoms with Crippen LogP contribution in [0.4, 0.5) is 0 Å². The van der Waals surface area contributed by atoms with Crippen LogP contribution in [0.1, 0.15) is 29.7 Å². The number of hydrogen-bond donors (Lipinski definition) is 2. The highest BCUT2D eigenvalue weighted by atomic mass is 16.1. The summed E-state index contributed by atoms with van der Waals surface area (Å²) in [5.74, 6) is -0.00151. The molecule has 0 aliphatic carbocycles. The van der Waals surface area contributed by atoms with E-state index in [4.69, 9.17) is 0 Å². The molecule has 130 valence electrons. The third-order valence-corrected chi connectivity index (χ3v) is 4.54. The molecule has 0 saturated carbocycles. The SMILES string of the molecule is CC(=O)C1=Cc2cc3ccc(cc4nc(cc5ccc(cc1n2)[nH]5)C=C4)[nH]3. The minimum Gasteiger partial charge on any atom is -0.355 e. The van der Waals surface area contributed by atoms with Gasteiger partial charge in [-0.2, -0.15) is 0 Å². The van der Waals surface area contributed by atoms with E-state index >= 15 is 0 Å². The second-order valence-electron chi connectivity index (χ2n) is 6.65. The number of fused-ring (bicyclic) bond motifs is 8. The van der Waals surface area contributed by atoms with Crippen molar-refractivity contribution in [3.63, 3.8) is 0 Å². The zero-order valence-electron chi connectivity index (χ0n) is 14.7. The van der Waals surface area contributed by atoms with E-state index in [1.54, 1.807) is 6.92 Å². The van der Waals surface area contributed by atoms with Crippen molar-refractivity contribution in [1.29, 1.82) is 0 Å². The van der Waals surface area contributed by atoms with E-state index in [2.05, 4.69) is 19.9 Å². The van der Waals surface area contributed by atoms with Gasteiger partial charge in [0, 0.05) is 27.6 Å². The van der Waals surface area contributed by atoms with Crippen molar-refractivity contribution in [2.24, 2.45) is 0 Å². The molecule has 2 N–H and O–H groups in total. The van der Waals surface area contributed by atoms with E-state index in [9.17, 15) is 4.79 Å². The van der Waals surface area contributed by atoms with Crippen LogP contribution in [-0.2, 0) is 4.79 Å². The predicted molar refractivity (Wildman–Crippen MR) is 108 cm³/mol. The minimum absolute atomic E-state index is 0.00151. The standard InChI is InChI=1S/C22H16N4O/c1-13(27)21-11-20-10-18-5-4-16(24-18)8-14-2-3-15(23-14)9-17-6-7-19(25-17)12-22(21)26-20/h2-12,24-25H,1H3. The number of Topliss-reactive ketones (excluding diaryl/α,β-unsaturated/α-hetero) is 1. The monoisotopic (exact) mass is 352 g/mol. The van der Waals surface area contributed by atoms with Crippen LogP contribution in [0.3, 0.4) is 0 Å². The lowest BCUT2D eigenvalue weighted by molar-refractivity contribution is -0.111. The summed E-state index contributed by atoms with van der Waals surface area (Å²) in [5, 5.41) is 0. The molecule has 5 nitrogen and oxygen atoms in total. The molecule has 5 heteroatoms. The number of nitrogens with zero attached hydrogens (tertiary/aromatic N) is 2. The molecule has 0 unspecified atom stereocenters. The Morgan fingerprint density at radius 2 is 1.26 bits per heavy atom. The van der Waals surface area contributed by atoms with Gasteiger partial charge in [-0.1, -0.05) is 0 Å². The highest BCUT2D eigenvalue weighted by Crippen LogP contribution is 2.23. The summed E-state index contributed by atoms with van der Waals surface area (Å²) >= 11 is 0. The van der Waals surface area contributed by atoms with Crippen molar-refractivity contribution in [2.75, 3.05) is 0 Å². The Kier molecular flexibility index (Phi) is 3.40. The molecule has 27 heavy (non-hydrogen) atoms. The summed E-state index contributed by atoms with van der Waals surface area (Å²) in [6.45, 7) is 1.56. The largest absolute Gasteiger partial charge is 0.355 e. The molecule has 0 aromatic carbocycles. The van der Waals surface area contributed by atoms with Gasteiger partial charge >= 0.3 is 0 Å². The number of carbonyl (C=O) groups is 1. The highest BCUT2D eigenvalue weighted by molar-refractivity contribution is 6.24. The third-order valence-electron chi connectivity index (χ3n) is 4.54. The maximum Gasteiger partial charge on any atom is 0.162 e. The highest BCUT2D eigenvalue weighted by Gasteiger charge is 2.14. The lowest BCUT2D eigenvalue weighted by atomic mass is 10.1. The zero-order chi connectivity index (χ0) is 18.4. The minimum atomic E-state index is -0.00151. The van der Waals surface area contributed by atoms with E-state index in [0.29, 0.717) is 11.3 Å². The first kappa shape index (κ1) is 15.5. The number of aromatic amines is 2. The fourth-order valence-electron chi connectivity index (χ4n) is 3.30. The van der Waals surface area contributed by atoms with Crippen LogP contribution in [0.5, 0.6) is 0 Å². The van der Waals surface area contributed by atoms with Crippen LogP contribution in [0, 0.1) is 0 Å². The molecule has 8 bridgehead atoms. The van der Waals surface area contributed by atoms with Gasteiger partial charge in [-0.05, 0) is 73.7 Å². The maximum atomic E-state index is 12.0. The Labute approximate surface area is 155 Å². The molecule has 5 rings (SSSR count). The van der Waals surface area contributed by atoms with Gasteiger partial charge in [0.2, 0.25) is 0 Å². The smallest absolute Gasteiger partial charge is 0.162 e. The molecule has 5 heterocycles. The first-order chi connectivity index (χ1) is 13.1. The van der Waals surface area contributed by atoms with Crippen molar-refractivity contribution < 1.29 is 4.79 Å². The number of nitrogens with one attached hydrogen (secondary N) is 2. The van der Waals surface area contributed by atoms with Crippen molar-refractivity contribution in [1.82, 2.24) is 19.9 Å². The number of allylic oxidation sites excluding steroid dienone is 1. The predicted octanol–water partition coefficient (Wildman–Crippen LogP) is 4.61. The lowest BCUT2D eigenvalue weighted by Gasteiger charge is -1.93. The first-order valence-electron chi connectivity index (χ1n) is 8.72.